The highest BCUT2D eigenvalue weighted by atomic mass is 16.5. The predicted molar refractivity (Wildman–Crippen MR) is 57.2 cm³/mol. The first-order valence-corrected chi connectivity index (χ1v) is 4.17. The Morgan fingerprint density at radius 3 is 2.86 bits per heavy atom. The average molecular weight is 191 g/mol. The standard InChI is InChI=1S/C10H13N3O/c1-7-4-3-5-8(9(7)14-2)10(12)13-6-11/h3-6H,1-2H3,(H3,11,12,13). The van der Waals surface area contributed by atoms with Crippen LogP contribution in [0.1, 0.15) is 11.1 Å². The van der Waals surface area contributed by atoms with E-state index >= 15 is 0 Å². The Bertz CT molecular complexity index is 372. The normalized spacial score (nSPS) is 11.1. The van der Waals surface area contributed by atoms with Gasteiger partial charge in [0.05, 0.1) is 12.7 Å². The van der Waals surface area contributed by atoms with Gasteiger partial charge in [-0.1, -0.05) is 12.1 Å². The van der Waals surface area contributed by atoms with E-state index in [2.05, 4.69) is 4.99 Å². The van der Waals surface area contributed by atoms with Crippen LogP contribution in [0.3, 0.4) is 0 Å². The third-order valence-corrected chi connectivity index (χ3v) is 1.90. The zero-order valence-electron chi connectivity index (χ0n) is 8.24. The van der Waals surface area contributed by atoms with Crippen molar-refractivity contribution < 1.29 is 4.74 Å². The summed E-state index contributed by atoms with van der Waals surface area (Å²) in [6.45, 7) is 1.93. The van der Waals surface area contributed by atoms with Crippen LogP contribution in [0, 0.1) is 12.3 Å². The van der Waals surface area contributed by atoms with Crippen LogP contribution < -0.4 is 10.5 Å². The molecule has 0 bridgehead atoms. The number of ether oxygens (including phenoxy) is 1. The molecule has 0 fully saturated rings. The zero-order valence-corrected chi connectivity index (χ0v) is 8.24. The van der Waals surface area contributed by atoms with Crippen LogP contribution in [0.25, 0.3) is 0 Å². The fraction of sp³-hybridized carbons (Fsp3) is 0.200. The van der Waals surface area contributed by atoms with Crippen molar-refractivity contribution in [2.45, 2.75) is 6.92 Å². The van der Waals surface area contributed by atoms with Crippen molar-refractivity contribution in [3.63, 3.8) is 0 Å². The lowest BCUT2D eigenvalue weighted by atomic mass is 10.1. The molecule has 1 aromatic carbocycles. The van der Waals surface area contributed by atoms with E-state index in [-0.39, 0.29) is 0 Å². The lowest BCUT2D eigenvalue weighted by Gasteiger charge is -2.09. The molecule has 0 heterocycles. The number of nitrogens with two attached hydrogens (primary N) is 1. The van der Waals surface area contributed by atoms with Crippen molar-refractivity contribution in [3.8, 4) is 5.75 Å². The number of aryl methyl sites for hydroxylation is 1. The molecule has 0 unspecified atom stereocenters. The molecular formula is C10H13N3O. The van der Waals surface area contributed by atoms with Crippen molar-refractivity contribution in [1.82, 2.24) is 0 Å². The summed E-state index contributed by atoms with van der Waals surface area (Å²) in [6, 6.07) is 5.62. The topological polar surface area (TPSA) is 71.5 Å². The largest absolute Gasteiger partial charge is 0.496 e. The molecule has 1 aromatic rings. The van der Waals surface area contributed by atoms with Gasteiger partial charge in [0.2, 0.25) is 0 Å². The van der Waals surface area contributed by atoms with Gasteiger partial charge in [0, 0.05) is 0 Å². The summed E-state index contributed by atoms with van der Waals surface area (Å²) in [5, 5.41) is 6.83. The number of hydrogen-bond donors (Lipinski definition) is 2. The van der Waals surface area contributed by atoms with Gasteiger partial charge in [0.15, 0.2) is 0 Å². The number of nitrogens with one attached hydrogen (secondary N) is 1. The van der Waals surface area contributed by atoms with Crippen molar-refractivity contribution in [3.05, 3.63) is 29.3 Å². The molecule has 4 heteroatoms. The van der Waals surface area contributed by atoms with Gasteiger partial charge < -0.3 is 10.5 Å². The molecule has 0 aromatic heterocycles. The maximum atomic E-state index is 6.83. The number of aliphatic imine (C=N–C) groups is 1. The monoisotopic (exact) mass is 191 g/mol. The molecule has 0 aliphatic rings. The van der Waals surface area contributed by atoms with Gasteiger partial charge in [-0.2, -0.15) is 0 Å². The summed E-state index contributed by atoms with van der Waals surface area (Å²) in [4.78, 5) is 3.70. The second-order valence-electron chi connectivity index (χ2n) is 2.80. The Morgan fingerprint density at radius 1 is 1.57 bits per heavy atom. The number of methoxy groups -OCH3 is 1. The van der Waals surface area contributed by atoms with E-state index in [9.17, 15) is 0 Å². The van der Waals surface area contributed by atoms with Crippen LogP contribution in [0.15, 0.2) is 23.2 Å². The van der Waals surface area contributed by atoms with E-state index in [1.165, 1.54) is 0 Å². The highest BCUT2D eigenvalue weighted by Gasteiger charge is 2.08. The second-order valence-corrected chi connectivity index (χ2v) is 2.80. The van der Waals surface area contributed by atoms with Gasteiger partial charge in [-0.05, 0) is 18.6 Å². The minimum atomic E-state index is 0.292. The Kier molecular flexibility index (Phi) is 3.23. The number of benzene rings is 1. The number of hydrogen-bond acceptors (Lipinski definition) is 2. The summed E-state index contributed by atoms with van der Waals surface area (Å²) < 4.78 is 5.21. The van der Waals surface area contributed by atoms with Crippen LogP contribution in [-0.2, 0) is 0 Å². The van der Waals surface area contributed by atoms with Crippen LogP contribution in [0.4, 0.5) is 0 Å². The predicted octanol–water partition coefficient (Wildman–Crippen LogP) is 1.32. The minimum Gasteiger partial charge on any atom is -0.496 e. The smallest absolute Gasteiger partial charge is 0.136 e. The summed E-state index contributed by atoms with van der Waals surface area (Å²) in [5.74, 6) is 0.996. The van der Waals surface area contributed by atoms with E-state index in [1.807, 2.05) is 25.1 Å². The summed E-state index contributed by atoms with van der Waals surface area (Å²) in [7, 11) is 1.59. The number of rotatable bonds is 3. The zero-order chi connectivity index (χ0) is 10.6. The van der Waals surface area contributed by atoms with E-state index in [1.54, 1.807) is 7.11 Å². The van der Waals surface area contributed by atoms with Gasteiger partial charge in [0.1, 0.15) is 17.9 Å². The Labute approximate surface area is 82.9 Å². The first-order chi connectivity index (χ1) is 6.70. The molecule has 0 amide bonds. The van der Waals surface area contributed by atoms with Crippen LogP contribution in [-0.4, -0.2) is 19.3 Å². The first-order valence-electron chi connectivity index (χ1n) is 4.17. The minimum absolute atomic E-state index is 0.292. The Morgan fingerprint density at radius 2 is 2.29 bits per heavy atom. The number of nitrogens with zero attached hydrogens (tertiary/aromatic N) is 1. The molecule has 0 spiro atoms. The summed E-state index contributed by atoms with van der Waals surface area (Å²) in [6.07, 6.45) is 0.914. The molecule has 1 rings (SSSR count). The second kappa shape index (κ2) is 4.41. The maximum Gasteiger partial charge on any atom is 0.136 e. The molecule has 14 heavy (non-hydrogen) atoms. The van der Waals surface area contributed by atoms with Crippen molar-refractivity contribution >= 4 is 12.2 Å². The summed E-state index contributed by atoms with van der Waals surface area (Å²) >= 11 is 0. The summed E-state index contributed by atoms with van der Waals surface area (Å²) in [5.41, 5.74) is 7.38. The lowest BCUT2D eigenvalue weighted by molar-refractivity contribution is 0.411. The van der Waals surface area contributed by atoms with E-state index in [4.69, 9.17) is 15.9 Å². The maximum absolute atomic E-state index is 6.83. The number of amidine groups is 1. The van der Waals surface area contributed by atoms with E-state index in [0.717, 1.165) is 17.5 Å². The molecule has 0 atom stereocenters. The molecule has 0 saturated heterocycles. The molecule has 3 N–H and O–H groups in total. The molecule has 0 radical (unpaired) electrons. The van der Waals surface area contributed by atoms with Crippen molar-refractivity contribution in [1.29, 1.82) is 5.41 Å². The fourth-order valence-corrected chi connectivity index (χ4v) is 1.26. The highest BCUT2D eigenvalue weighted by molar-refractivity contribution is 6.03. The van der Waals surface area contributed by atoms with Crippen molar-refractivity contribution in [2.24, 2.45) is 10.7 Å². The van der Waals surface area contributed by atoms with Gasteiger partial charge in [-0.25, -0.2) is 4.99 Å². The fourth-order valence-electron chi connectivity index (χ4n) is 1.26. The van der Waals surface area contributed by atoms with Gasteiger partial charge in [-0.15, -0.1) is 0 Å². The Balaban J connectivity index is 3.26. The van der Waals surface area contributed by atoms with Crippen LogP contribution in [0.5, 0.6) is 5.75 Å². The third-order valence-electron chi connectivity index (χ3n) is 1.90. The molecule has 74 valence electrons. The molecule has 0 aliphatic carbocycles. The molecule has 0 saturated carbocycles. The van der Waals surface area contributed by atoms with E-state index in [0.29, 0.717) is 11.6 Å². The van der Waals surface area contributed by atoms with Crippen LogP contribution >= 0.6 is 0 Å². The number of para-hydroxylation sites is 1. The Hall–Kier alpha value is -1.84. The van der Waals surface area contributed by atoms with Gasteiger partial charge in [-0.3, -0.25) is 5.41 Å². The van der Waals surface area contributed by atoms with Crippen LogP contribution in [0.2, 0.25) is 0 Å². The van der Waals surface area contributed by atoms with Gasteiger partial charge >= 0.3 is 0 Å². The third kappa shape index (κ3) is 1.90. The van der Waals surface area contributed by atoms with E-state index < -0.39 is 0 Å². The average Bonchev–Trinajstić information content (AvgIpc) is 2.17. The molecule has 4 nitrogen and oxygen atoms in total. The lowest BCUT2D eigenvalue weighted by Crippen LogP contribution is -2.15. The highest BCUT2D eigenvalue weighted by Crippen LogP contribution is 2.22. The van der Waals surface area contributed by atoms with Gasteiger partial charge in [0.25, 0.3) is 0 Å². The first kappa shape index (κ1) is 10.2. The van der Waals surface area contributed by atoms with Crippen molar-refractivity contribution in [2.75, 3.05) is 7.11 Å². The molecular weight excluding hydrogens is 178 g/mol. The quantitative estimate of drug-likeness (QED) is 0.558. The SMILES string of the molecule is COc1c(C)cccc1C(N)=NC=N. The molecule has 0 aliphatic heterocycles.